The van der Waals surface area contributed by atoms with Crippen LogP contribution < -0.4 is 36.8 Å². The fraction of sp³-hybridized carbons (Fsp3) is 0.368. The third-order valence-corrected chi connectivity index (χ3v) is 4.95. The summed E-state index contributed by atoms with van der Waals surface area (Å²) in [6, 6.07) is 10.5. The Kier molecular flexibility index (Phi) is 7.32. The van der Waals surface area contributed by atoms with Crippen molar-refractivity contribution in [2.24, 2.45) is 0 Å². The Labute approximate surface area is 185 Å². The first kappa shape index (κ1) is 26.6. The topological polar surface area (TPSA) is 27.7 Å². The fourth-order valence-electron chi connectivity index (χ4n) is 2.51. The van der Waals surface area contributed by atoms with E-state index in [2.05, 4.69) is 45.0 Å². The number of halogens is 7. The molecule has 0 N–H and O–H groups in total. The average Bonchev–Trinajstić information content (AvgIpc) is 2.58. The van der Waals surface area contributed by atoms with Crippen molar-refractivity contribution in [2.45, 2.75) is 26.2 Å². The van der Waals surface area contributed by atoms with E-state index in [4.69, 9.17) is 14.2 Å². The van der Waals surface area contributed by atoms with E-state index < -0.39 is 7.81 Å². The predicted octanol–water partition coefficient (Wildman–Crippen LogP) is 4.51. The van der Waals surface area contributed by atoms with Gasteiger partial charge in [0.05, 0.1) is 26.9 Å². The molecular weight excluding hydrogens is 548 g/mol. The van der Waals surface area contributed by atoms with Gasteiger partial charge in [-0.05, 0) is 16.5 Å². The Morgan fingerprint density at radius 2 is 1.20 bits per heavy atom. The molecule has 0 heterocycles. The number of hydrogen-bond acceptors (Lipinski definition) is 3. The van der Waals surface area contributed by atoms with Gasteiger partial charge in [0.2, 0.25) is 0 Å². The molecule has 2 rings (SSSR count). The number of methoxy groups -OCH3 is 3. The van der Waals surface area contributed by atoms with Gasteiger partial charge in [0.25, 0.3) is 3.57 Å². The van der Waals surface area contributed by atoms with Crippen LogP contribution in [-0.4, -0.2) is 21.3 Å². The Morgan fingerprint density at radius 3 is 1.53 bits per heavy atom. The van der Waals surface area contributed by atoms with Crippen molar-refractivity contribution in [3.8, 4) is 28.4 Å². The van der Waals surface area contributed by atoms with E-state index in [1.807, 2.05) is 28.7 Å². The Morgan fingerprint density at radius 1 is 0.767 bits per heavy atom. The van der Waals surface area contributed by atoms with E-state index in [0.717, 1.165) is 31.9 Å². The van der Waals surface area contributed by atoms with Gasteiger partial charge in [-0.25, -0.2) is 0 Å². The van der Waals surface area contributed by atoms with Crippen molar-refractivity contribution >= 4 is 7.81 Å². The van der Waals surface area contributed by atoms with Crippen LogP contribution in [0.25, 0.3) is 11.1 Å². The second kappa shape index (κ2) is 8.26. The minimum atomic E-state index is -10.7. The molecule has 11 heteroatoms. The average molecular weight is 572 g/mol. The Balaban J connectivity index is 0.000000553. The van der Waals surface area contributed by atoms with Crippen molar-refractivity contribution < 1.29 is 62.0 Å². The van der Waals surface area contributed by atoms with E-state index >= 15 is 0 Å². The van der Waals surface area contributed by atoms with Crippen LogP contribution in [-0.2, 0) is 5.41 Å². The monoisotopic (exact) mass is 572 g/mol. The fourth-order valence-corrected chi connectivity index (χ4v) is 3.45. The van der Waals surface area contributed by atoms with Gasteiger partial charge in [-0.15, -0.1) is 0 Å². The molecule has 0 aliphatic carbocycles. The summed E-state index contributed by atoms with van der Waals surface area (Å²) >= 11 is 1.91. The van der Waals surface area contributed by atoms with Crippen LogP contribution in [0, 0.1) is 3.57 Å². The molecule has 2 aromatic carbocycles. The summed E-state index contributed by atoms with van der Waals surface area (Å²) in [6.07, 6.45) is 0. The van der Waals surface area contributed by atoms with Gasteiger partial charge >= 0.3 is 55.6 Å². The van der Waals surface area contributed by atoms with E-state index in [-0.39, 0.29) is 5.41 Å². The molecule has 0 unspecified atom stereocenters. The zero-order valence-corrected chi connectivity index (χ0v) is 20.5. The third kappa shape index (κ3) is 8.75. The molecule has 0 aromatic heterocycles. The number of ether oxygens (including phenoxy) is 3. The minimum absolute atomic E-state index is 0.128. The van der Waals surface area contributed by atoms with Crippen LogP contribution >= 0.6 is 7.81 Å². The van der Waals surface area contributed by atoms with E-state index in [1.54, 1.807) is 21.3 Å². The summed E-state index contributed by atoms with van der Waals surface area (Å²) in [5.74, 6) is 2.29. The van der Waals surface area contributed by atoms with Crippen LogP contribution in [0.5, 0.6) is 17.2 Å². The molecule has 2 aromatic rings. The quantitative estimate of drug-likeness (QED) is 0.307. The molecule has 0 amide bonds. The number of hydrogen-bond donors (Lipinski definition) is 0. The van der Waals surface area contributed by atoms with E-state index in [9.17, 15) is 25.2 Å². The molecule has 0 spiro atoms. The van der Waals surface area contributed by atoms with Crippen LogP contribution in [0.2, 0.25) is 0 Å². The van der Waals surface area contributed by atoms with Crippen LogP contribution in [0.4, 0.5) is 25.2 Å². The predicted molar refractivity (Wildman–Crippen MR) is 104 cm³/mol. The zero-order chi connectivity index (χ0) is 23.6. The maximum atomic E-state index is 9.87. The van der Waals surface area contributed by atoms with Crippen molar-refractivity contribution in [2.75, 3.05) is 21.3 Å². The summed E-state index contributed by atoms with van der Waals surface area (Å²) in [7, 11) is -5.66. The molecule has 0 bridgehead atoms. The standard InChI is InChI=1S/C19H24IO3.F6P/c1-19(2,3)13-9-7-12(8-10-13)16-14(21-4)11-15(22-5)17(20)18(16)23-6;1-7(2,3,4,5)6/h7-11,20H,1-6H3;/q+1;-1. The van der Waals surface area contributed by atoms with Gasteiger partial charge in [0.15, 0.2) is 11.5 Å². The Bertz CT molecular complexity index is 881. The van der Waals surface area contributed by atoms with E-state index in [1.165, 1.54) is 5.56 Å². The first-order chi connectivity index (χ1) is 13.3. The molecule has 0 saturated carbocycles. The van der Waals surface area contributed by atoms with Gasteiger partial charge in [-0.2, -0.15) is 0 Å². The van der Waals surface area contributed by atoms with Crippen molar-refractivity contribution in [1.29, 1.82) is 0 Å². The molecule has 0 saturated heterocycles. The van der Waals surface area contributed by atoms with Crippen molar-refractivity contribution in [3.63, 3.8) is 0 Å². The van der Waals surface area contributed by atoms with Gasteiger partial charge in [-0.3, -0.25) is 0 Å². The first-order valence-electron chi connectivity index (χ1n) is 8.45. The summed E-state index contributed by atoms with van der Waals surface area (Å²) in [5, 5.41) is 0. The second-order valence-electron chi connectivity index (χ2n) is 7.30. The van der Waals surface area contributed by atoms with Crippen LogP contribution in [0.1, 0.15) is 26.3 Å². The molecule has 0 aliphatic rings. The summed E-state index contributed by atoms with van der Waals surface area (Å²) in [5.41, 5.74) is 3.45. The molecule has 172 valence electrons. The molecule has 30 heavy (non-hydrogen) atoms. The van der Waals surface area contributed by atoms with Gasteiger partial charge in [-0.1, -0.05) is 45.0 Å². The normalized spacial score (nSPS) is 14.0. The summed E-state index contributed by atoms with van der Waals surface area (Å²) < 4.78 is 76.8. The van der Waals surface area contributed by atoms with Crippen molar-refractivity contribution in [1.82, 2.24) is 0 Å². The first-order valence-corrected chi connectivity index (χ1v) is 11.6. The molecule has 0 atom stereocenters. The van der Waals surface area contributed by atoms with Crippen LogP contribution in [0.3, 0.4) is 0 Å². The molecule has 0 fully saturated rings. The summed E-state index contributed by atoms with van der Waals surface area (Å²) in [6.45, 7) is 6.63. The van der Waals surface area contributed by atoms with Crippen molar-refractivity contribution in [3.05, 3.63) is 39.5 Å². The van der Waals surface area contributed by atoms with Gasteiger partial charge in [0.1, 0.15) is 5.75 Å². The maximum absolute atomic E-state index is 10.7. The third-order valence-electron chi connectivity index (χ3n) is 3.85. The second-order valence-corrected chi connectivity index (χ2v) is 10.4. The van der Waals surface area contributed by atoms with Gasteiger partial charge in [0, 0.05) is 6.07 Å². The molecular formula is C19H24F6IO3P. The SMILES string of the molecule is COc1cc(OC)c(-c2ccc(C(C)(C)C)cc2)c(OC)c1[IH+].F[P-](F)(F)(F)(F)F. The van der Waals surface area contributed by atoms with Crippen LogP contribution in [0.15, 0.2) is 30.3 Å². The zero-order valence-electron chi connectivity index (χ0n) is 17.2. The number of benzene rings is 2. The molecule has 0 aliphatic heterocycles. The summed E-state index contributed by atoms with van der Waals surface area (Å²) in [4.78, 5) is 0. The van der Waals surface area contributed by atoms with E-state index in [0.29, 0.717) is 0 Å². The number of rotatable bonds is 4. The Hall–Kier alpha value is -1.42. The van der Waals surface area contributed by atoms with Gasteiger partial charge < -0.3 is 14.2 Å². The molecule has 3 nitrogen and oxygen atoms in total. The molecule has 0 radical (unpaired) electrons.